The van der Waals surface area contributed by atoms with Crippen LogP contribution in [0.2, 0.25) is 0 Å². The summed E-state index contributed by atoms with van der Waals surface area (Å²) in [5.41, 5.74) is 0.600. The van der Waals surface area contributed by atoms with E-state index in [1.54, 1.807) is 29.0 Å². The van der Waals surface area contributed by atoms with E-state index in [1.807, 2.05) is 0 Å². The Bertz CT molecular complexity index is 375. The van der Waals surface area contributed by atoms with Crippen molar-refractivity contribution in [2.75, 3.05) is 13.1 Å². The molecule has 1 atom stereocenters. The van der Waals surface area contributed by atoms with Crippen LogP contribution in [-0.4, -0.2) is 40.9 Å². The number of nitrogens with one attached hydrogen (secondary N) is 1. The van der Waals surface area contributed by atoms with Crippen LogP contribution in [0.15, 0.2) is 24.6 Å². The summed E-state index contributed by atoms with van der Waals surface area (Å²) >= 11 is 0. The van der Waals surface area contributed by atoms with Gasteiger partial charge in [0.1, 0.15) is 0 Å². The molecule has 3 amide bonds. The number of amides is 3. The van der Waals surface area contributed by atoms with Gasteiger partial charge in [0.25, 0.3) is 0 Å². The highest BCUT2D eigenvalue weighted by Gasteiger charge is 2.31. The topological polar surface area (TPSA) is 52.7 Å². The molecule has 1 saturated heterocycles. The number of carbonyl (C=O) groups is 2. The predicted molar refractivity (Wildman–Crippen MR) is 59.3 cm³/mol. The molecule has 5 nitrogen and oxygen atoms in total. The molecule has 2 heterocycles. The van der Waals surface area contributed by atoms with Gasteiger partial charge in [-0.05, 0) is 12.5 Å². The molecule has 0 spiro atoms. The van der Waals surface area contributed by atoms with Crippen molar-refractivity contribution in [1.29, 1.82) is 0 Å². The lowest BCUT2D eigenvalue weighted by molar-refractivity contribution is -0.127. The lowest BCUT2D eigenvalue weighted by atomic mass is 10.2. The highest BCUT2D eigenvalue weighted by atomic mass is 16.2. The highest BCUT2D eigenvalue weighted by molar-refractivity contribution is 5.80. The maximum atomic E-state index is 11.7. The monoisotopic (exact) mass is 221 g/mol. The number of urea groups is 1. The van der Waals surface area contributed by atoms with Crippen LogP contribution in [0.25, 0.3) is 0 Å². The van der Waals surface area contributed by atoms with Crippen LogP contribution in [0, 0.1) is 0 Å². The van der Waals surface area contributed by atoms with Crippen molar-refractivity contribution in [1.82, 2.24) is 15.1 Å². The van der Waals surface area contributed by atoms with Crippen LogP contribution < -0.4 is 5.32 Å². The summed E-state index contributed by atoms with van der Waals surface area (Å²) in [6.45, 7) is 6.54. The van der Waals surface area contributed by atoms with Crippen LogP contribution in [0.3, 0.4) is 0 Å². The molecule has 2 rings (SSSR count). The van der Waals surface area contributed by atoms with E-state index in [2.05, 4.69) is 11.9 Å². The largest absolute Gasteiger partial charge is 0.341 e. The standard InChI is InChI=1S/C11H15N3O2/c1-8-3-6-14(11(16)12-8)10-4-5-13(7-10)9(2)15/h3,6,10H,1,4-5,7H2,2H3,(H,12,16)/t10-/m0/s1. The zero-order chi connectivity index (χ0) is 11.7. The van der Waals surface area contributed by atoms with Gasteiger partial charge in [0.15, 0.2) is 0 Å². The SMILES string of the molecule is C=C1C=CN([C@H]2CCN(C(C)=O)C2)C(=O)N1. The molecule has 0 unspecified atom stereocenters. The van der Waals surface area contributed by atoms with E-state index in [1.165, 1.54) is 0 Å². The summed E-state index contributed by atoms with van der Waals surface area (Å²) in [5, 5.41) is 2.65. The van der Waals surface area contributed by atoms with Crippen LogP contribution in [-0.2, 0) is 4.79 Å². The first-order chi connectivity index (χ1) is 7.58. The van der Waals surface area contributed by atoms with Crippen molar-refractivity contribution in [3.05, 3.63) is 24.6 Å². The quantitative estimate of drug-likeness (QED) is 0.707. The van der Waals surface area contributed by atoms with Gasteiger partial charge in [0.2, 0.25) is 5.91 Å². The molecule has 0 aromatic carbocycles. The van der Waals surface area contributed by atoms with E-state index < -0.39 is 0 Å². The van der Waals surface area contributed by atoms with Gasteiger partial charge < -0.3 is 10.2 Å². The summed E-state index contributed by atoms with van der Waals surface area (Å²) in [5.74, 6) is 0.0632. The maximum Gasteiger partial charge on any atom is 0.326 e. The van der Waals surface area contributed by atoms with Crippen molar-refractivity contribution in [3.63, 3.8) is 0 Å². The minimum Gasteiger partial charge on any atom is -0.341 e. The van der Waals surface area contributed by atoms with Crippen molar-refractivity contribution in [2.24, 2.45) is 0 Å². The summed E-state index contributed by atoms with van der Waals surface area (Å²) < 4.78 is 0. The third kappa shape index (κ3) is 1.93. The fourth-order valence-corrected chi connectivity index (χ4v) is 2.02. The Morgan fingerprint density at radius 1 is 1.62 bits per heavy atom. The smallest absolute Gasteiger partial charge is 0.326 e. The van der Waals surface area contributed by atoms with Crippen LogP contribution in [0.5, 0.6) is 0 Å². The first kappa shape index (κ1) is 10.7. The lowest BCUT2D eigenvalue weighted by Crippen LogP contribution is -2.45. The summed E-state index contributed by atoms with van der Waals surface area (Å²) in [6, 6.07) is -0.0869. The molecule has 0 aromatic heterocycles. The van der Waals surface area contributed by atoms with E-state index in [-0.39, 0.29) is 18.0 Å². The molecule has 0 saturated carbocycles. The molecular formula is C11H15N3O2. The first-order valence-corrected chi connectivity index (χ1v) is 5.30. The van der Waals surface area contributed by atoms with Gasteiger partial charge in [0, 0.05) is 31.9 Å². The van der Waals surface area contributed by atoms with Crippen molar-refractivity contribution >= 4 is 11.9 Å². The lowest BCUT2D eigenvalue weighted by Gasteiger charge is -2.28. The fourth-order valence-electron chi connectivity index (χ4n) is 2.02. The van der Waals surface area contributed by atoms with Crippen molar-refractivity contribution in [2.45, 2.75) is 19.4 Å². The summed E-state index contributed by atoms with van der Waals surface area (Å²) in [4.78, 5) is 26.2. The molecule has 0 radical (unpaired) electrons. The van der Waals surface area contributed by atoms with Gasteiger partial charge in [-0.25, -0.2) is 4.79 Å². The Labute approximate surface area is 94.4 Å². The average molecular weight is 221 g/mol. The Morgan fingerprint density at radius 2 is 2.38 bits per heavy atom. The normalized spacial score (nSPS) is 24.9. The molecule has 0 bridgehead atoms. The second-order valence-electron chi connectivity index (χ2n) is 4.09. The van der Waals surface area contributed by atoms with Gasteiger partial charge >= 0.3 is 6.03 Å². The van der Waals surface area contributed by atoms with Crippen LogP contribution >= 0.6 is 0 Å². The Morgan fingerprint density at radius 3 is 2.94 bits per heavy atom. The van der Waals surface area contributed by atoms with E-state index in [0.29, 0.717) is 12.2 Å². The number of carbonyl (C=O) groups excluding carboxylic acids is 2. The molecule has 0 aliphatic carbocycles. The van der Waals surface area contributed by atoms with E-state index in [4.69, 9.17) is 0 Å². The molecule has 1 N–H and O–H groups in total. The third-order valence-electron chi connectivity index (χ3n) is 2.94. The molecule has 0 aromatic rings. The zero-order valence-corrected chi connectivity index (χ0v) is 9.27. The molecular weight excluding hydrogens is 206 g/mol. The molecule has 86 valence electrons. The van der Waals surface area contributed by atoms with Crippen LogP contribution in [0.1, 0.15) is 13.3 Å². The Balaban J connectivity index is 2.04. The molecule has 16 heavy (non-hydrogen) atoms. The summed E-state index contributed by atoms with van der Waals surface area (Å²) in [6.07, 6.45) is 4.32. The number of rotatable bonds is 1. The maximum absolute atomic E-state index is 11.7. The first-order valence-electron chi connectivity index (χ1n) is 5.30. The molecule has 2 aliphatic rings. The number of likely N-dealkylation sites (tertiary alicyclic amines) is 1. The zero-order valence-electron chi connectivity index (χ0n) is 9.27. The fraction of sp³-hybridized carbons (Fsp3) is 0.455. The molecule has 5 heteroatoms. The average Bonchev–Trinajstić information content (AvgIpc) is 2.66. The van der Waals surface area contributed by atoms with E-state index in [9.17, 15) is 9.59 Å². The number of hydrogen-bond acceptors (Lipinski definition) is 2. The van der Waals surface area contributed by atoms with Gasteiger partial charge in [-0.2, -0.15) is 0 Å². The molecule has 1 fully saturated rings. The van der Waals surface area contributed by atoms with Crippen molar-refractivity contribution in [3.8, 4) is 0 Å². The van der Waals surface area contributed by atoms with E-state index in [0.717, 1.165) is 13.0 Å². The Kier molecular flexibility index (Phi) is 2.68. The number of nitrogens with zero attached hydrogens (tertiary/aromatic N) is 2. The second kappa shape index (κ2) is 4.00. The van der Waals surface area contributed by atoms with E-state index >= 15 is 0 Å². The highest BCUT2D eigenvalue weighted by Crippen LogP contribution is 2.18. The van der Waals surface area contributed by atoms with Gasteiger partial charge in [0.05, 0.1) is 6.04 Å². The predicted octanol–water partition coefficient (Wildman–Crippen LogP) is 0.660. The van der Waals surface area contributed by atoms with Gasteiger partial charge in [-0.3, -0.25) is 9.69 Å². The van der Waals surface area contributed by atoms with Crippen LogP contribution in [0.4, 0.5) is 4.79 Å². The van der Waals surface area contributed by atoms with Crippen molar-refractivity contribution < 1.29 is 9.59 Å². The summed E-state index contributed by atoms with van der Waals surface area (Å²) in [7, 11) is 0. The minimum atomic E-state index is -0.164. The third-order valence-corrected chi connectivity index (χ3v) is 2.94. The minimum absolute atomic E-state index is 0.0632. The number of allylic oxidation sites excluding steroid dienone is 1. The second-order valence-corrected chi connectivity index (χ2v) is 4.09. The number of hydrogen-bond donors (Lipinski definition) is 1. The Hall–Kier alpha value is -1.78. The van der Waals surface area contributed by atoms with Gasteiger partial charge in [-0.15, -0.1) is 0 Å². The van der Waals surface area contributed by atoms with Gasteiger partial charge in [-0.1, -0.05) is 6.58 Å². The molecule has 2 aliphatic heterocycles.